The average molecular weight is 406 g/mol. The summed E-state index contributed by atoms with van der Waals surface area (Å²) in [5, 5.41) is -0.614. The largest absolute Gasteiger partial charge is 0.494 e. The first-order valence-corrected chi connectivity index (χ1v) is 9.26. The molecule has 0 unspecified atom stereocenters. The van der Waals surface area contributed by atoms with Crippen molar-refractivity contribution in [2.75, 3.05) is 6.61 Å². The van der Waals surface area contributed by atoms with Gasteiger partial charge in [0.2, 0.25) is 0 Å². The molecule has 29 heavy (non-hydrogen) atoms. The molecular formula is C23H19F5O. The zero-order valence-corrected chi connectivity index (χ0v) is 16.0. The van der Waals surface area contributed by atoms with E-state index in [4.69, 9.17) is 4.74 Å². The Morgan fingerprint density at radius 3 is 2.14 bits per heavy atom. The lowest BCUT2D eigenvalue weighted by Gasteiger charge is -2.11. The van der Waals surface area contributed by atoms with Gasteiger partial charge < -0.3 is 4.74 Å². The quantitative estimate of drug-likeness (QED) is 0.307. The van der Waals surface area contributed by atoms with Crippen LogP contribution >= 0.6 is 0 Å². The van der Waals surface area contributed by atoms with Crippen molar-refractivity contribution in [2.24, 2.45) is 0 Å². The predicted molar refractivity (Wildman–Crippen MR) is 104 cm³/mol. The van der Waals surface area contributed by atoms with Crippen LogP contribution < -0.4 is 4.74 Å². The Morgan fingerprint density at radius 2 is 1.52 bits per heavy atom. The lowest BCUT2D eigenvalue weighted by Crippen LogP contribution is -2.00. The van der Waals surface area contributed by atoms with E-state index in [-0.39, 0.29) is 16.5 Å². The minimum absolute atomic E-state index is 0.0501. The Hall–Kier alpha value is -2.89. The Bertz CT molecular complexity index is 1070. The molecule has 0 heterocycles. The Balaban J connectivity index is 2.12. The van der Waals surface area contributed by atoms with Gasteiger partial charge in [0.15, 0.2) is 23.3 Å². The lowest BCUT2D eigenvalue weighted by molar-refractivity contribution is 0.340. The van der Waals surface area contributed by atoms with Crippen LogP contribution in [0.5, 0.6) is 5.75 Å². The van der Waals surface area contributed by atoms with E-state index in [9.17, 15) is 22.0 Å². The maximum absolute atomic E-state index is 14.7. The van der Waals surface area contributed by atoms with Gasteiger partial charge in [-0.15, -0.1) is 0 Å². The van der Waals surface area contributed by atoms with Crippen LogP contribution in [0.15, 0.2) is 42.5 Å². The molecule has 0 bridgehead atoms. The molecule has 0 aliphatic heterocycles. The van der Waals surface area contributed by atoms with Gasteiger partial charge in [-0.1, -0.05) is 25.5 Å². The van der Waals surface area contributed by atoms with Gasteiger partial charge in [0.25, 0.3) is 0 Å². The van der Waals surface area contributed by atoms with E-state index in [2.05, 4.69) is 0 Å². The first-order valence-electron chi connectivity index (χ1n) is 9.26. The molecule has 0 saturated heterocycles. The Kier molecular flexibility index (Phi) is 6.20. The molecule has 0 aliphatic carbocycles. The molecule has 152 valence electrons. The molecule has 0 aromatic heterocycles. The molecule has 0 aliphatic rings. The van der Waals surface area contributed by atoms with E-state index in [0.717, 1.165) is 6.07 Å². The molecule has 0 spiro atoms. The van der Waals surface area contributed by atoms with E-state index in [1.54, 1.807) is 6.92 Å². The predicted octanol–water partition coefficient (Wildman–Crippen LogP) is 7.37. The summed E-state index contributed by atoms with van der Waals surface area (Å²) in [6.07, 6.45) is 0.973. The fraction of sp³-hybridized carbons (Fsp3) is 0.217. The first kappa shape index (κ1) is 20.8. The monoisotopic (exact) mass is 406 g/mol. The van der Waals surface area contributed by atoms with Crippen LogP contribution in [-0.4, -0.2) is 6.61 Å². The van der Waals surface area contributed by atoms with Gasteiger partial charge in [-0.05, 0) is 54.6 Å². The van der Waals surface area contributed by atoms with Crippen LogP contribution in [0.3, 0.4) is 0 Å². The molecule has 3 aromatic carbocycles. The number of rotatable bonds is 6. The number of hydrogen-bond donors (Lipinski definition) is 0. The van der Waals surface area contributed by atoms with E-state index >= 15 is 0 Å². The zero-order chi connectivity index (χ0) is 21.1. The summed E-state index contributed by atoms with van der Waals surface area (Å²) in [5.41, 5.74) is -0.818. The summed E-state index contributed by atoms with van der Waals surface area (Å²) in [7, 11) is 0. The third kappa shape index (κ3) is 3.97. The van der Waals surface area contributed by atoms with Gasteiger partial charge in [-0.25, -0.2) is 22.0 Å². The Morgan fingerprint density at radius 1 is 0.828 bits per heavy atom. The molecule has 0 N–H and O–H groups in total. The maximum atomic E-state index is 14.7. The molecule has 6 heteroatoms. The minimum Gasteiger partial charge on any atom is -0.494 e. The molecule has 3 rings (SSSR count). The van der Waals surface area contributed by atoms with Crippen molar-refractivity contribution in [1.29, 1.82) is 0 Å². The van der Waals surface area contributed by atoms with Crippen molar-refractivity contribution in [3.05, 3.63) is 76.6 Å². The fourth-order valence-electron chi connectivity index (χ4n) is 3.16. The van der Waals surface area contributed by atoms with E-state index in [1.165, 1.54) is 36.4 Å². The highest BCUT2D eigenvalue weighted by Gasteiger charge is 2.23. The molecule has 0 radical (unpaired) electrons. The third-order valence-corrected chi connectivity index (χ3v) is 4.57. The van der Waals surface area contributed by atoms with Crippen molar-refractivity contribution in [3.63, 3.8) is 0 Å². The van der Waals surface area contributed by atoms with Crippen LogP contribution in [0.25, 0.3) is 22.4 Å². The van der Waals surface area contributed by atoms with Crippen molar-refractivity contribution in [3.8, 4) is 5.75 Å². The van der Waals surface area contributed by atoms with Crippen molar-refractivity contribution < 1.29 is 26.7 Å². The molecule has 0 amide bonds. The van der Waals surface area contributed by atoms with Crippen molar-refractivity contribution in [1.82, 2.24) is 0 Å². The summed E-state index contributed by atoms with van der Waals surface area (Å²) in [6, 6.07) is 9.14. The van der Waals surface area contributed by atoms with Gasteiger partial charge in [-0.3, -0.25) is 0 Å². The smallest absolute Gasteiger partial charge is 0.170 e. The summed E-state index contributed by atoms with van der Waals surface area (Å²) in [4.78, 5) is 0. The SMILES string of the molecule is CCCc1ccc2cc(C(F)=C(F)c3ccc(OCC)cc3)c(F)c(F)c2c1F. The maximum Gasteiger partial charge on any atom is 0.170 e. The Labute approximate surface area is 165 Å². The lowest BCUT2D eigenvalue weighted by atomic mass is 9.99. The second-order valence-electron chi connectivity index (χ2n) is 6.52. The number of fused-ring (bicyclic) bond motifs is 1. The van der Waals surface area contributed by atoms with Crippen LogP contribution in [0.2, 0.25) is 0 Å². The second-order valence-corrected chi connectivity index (χ2v) is 6.52. The number of aryl methyl sites for hydroxylation is 1. The highest BCUT2D eigenvalue weighted by molar-refractivity contribution is 5.91. The van der Waals surface area contributed by atoms with Crippen LogP contribution in [0.1, 0.15) is 37.0 Å². The van der Waals surface area contributed by atoms with E-state index in [0.29, 0.717) is 25.2 Å². The minimum atomic E-state index is -1.64. The molecule has 3 aromatic rings. The molecule has 0 fully saturated rings. The standard InChI is InChI=1S/C23H19F5O/c1-3-5-13-6-7-15-12-17(22(27)23(28)18(15)19(13)24)21(26)20(25)14-8-10-16(11-9-14)29-4-2/h6-12H,3-5H2,1-2H3. The fourth-order valence-corrected chi connectivity index (χ4v) is 3.16. The van der Waals surface area contributed by atoms with Gasteiger partial charge in [0.05, 0.1) is 17.6 Å². The molecule has 0 atom stereocenters. The summed E-state index contributed by atoms with van der Waals surface area (Å²) in [6.45, 7) is 4.01. The first-order chi connectivity index (χ1) is 13.9. The molecule has 1 nitrogen and oxygen atoms in total. The van der Waals surface area contributed by atoms with E-state index in [1.807, 2.05) is 6.92 Å². The zero-order valence-electron chi connectivity index (χ0n) is 16.0. The van der Waals surface area contributed by atoms with Crippen molar-refractivity contribution >= 4 is 22.4 Å². The molecule has 0 saturated carbocycles. The highest BCUT2D eigenvalue weighted by atomic mass is 19.2. The number of hydrogen-bond acceptors (Lipinski definition) is 1. The number of benzene rings is 3. The van der Waals surface area contributed by atoms with Gasteiger partial charge in [0, 0.05) is 5.56 Å². The normalized spacial score (nSPS) is 12.2. The van der Waals surface area contributed by atoms with Crippen LogP contribution in [0, 0.1) is 17.5 Å². The van der Waals surface area contributed by atoms with Gasteiger partial charge in [0.1, 0.15) is 11.6 Å². The summed E-state index contributed by atoms with van der Waals surface area (Å²) < 4.78 is 78.2. The number of halogens is 5. The van der Waals surface area contributed by atoms with Gasteiger partial charge >= 0.3 is 0 Å². The van der Waals surface area contributed by atoms with Crippen LogP contribution in [0.4, 0.5) is 22.0 Å². The highest BCUT2D eigenvalue weighted by Crippen LogP contribution is 2.36. The van der Waals surface area contributed by atoms with E-state index < -0.39 is 40.1 Å². The average Bonchev–Trinajstić information content (AvgIpc) is 2.72. The molecular weight excluding hydrogens is 387 g/mol. The second kappa shape index (κ2) is 8.64. The topological polar surface area (TPSA) is 9.23 Å². The van der Waals surface area contributed by atoms with Gasteiger partial charge in [-0.2, -0.15) is 0 Å². The third-order valence-electron chi connectivity index (χ3n) is 4.57. The van der Waals surface area contributed by atoms with Crippen LogP contribution in [-0.2, 0) is 6.42 Å². The summed E-state index contributed by atoms with van der Waals surface area (Å²) >= 11 is 0. The summed E-state index contributed by atoms with van der Waals surface area (Å²) in [5.74, 6) is -6.51. The number of ether oxygens (including phenoxy) is 1. The van der Waals surface area contributed by atoms with Crippen molar-refractivity contribution in [2.45, 2.75) is 26.7 Å².